The Labute approximate surface area is 118 Å². The summed E-state index contributed by atoms with van der Waals surface area (Å²) in [6.07, 6.45) is 0. The number of hydrogen-bond donors (Lipinski definition) is 2. The number of nitro groups is 1. The van der Waals surface area contributed by atoms with Crippen LogP contribution in [0.4, 0.5) is 11.4 Å². The summed E-state index contributed by atoms with van der Waals surface area (Å²) in [6.45, 7) is 5.92. The molecule has 1 atom stereocenters. The molecule has 2 rings (SSSR count). The van der Waals surface area contributed by atoms with Crippen LogP contribution in [0, 0.1) is 10.1 Å². The second-order valence-corrected chi connectivity index (χ2v) is 5.33. The number of anilines is 1. The van der Waals surface area contributed by atoms with Gasteiger partial charge in [0.15, 0.2) is 0 Å². The lowest BCUT2D eigenvalue weighted by atomic mass is 10.1. The molecule has 3 N–H and O–H groups in total. The Hall–Kier alpha value is -1.70. The molecule has 1 fully saturated rings. The summed E-state index contributed by atoms with van der Waals surface area (Å²) in [5.74, 6) is 5.29. The van der Waals surface area contributed by atoms with Gasteiger partial charge < -0.3 is 10.3 Å². The van der Waals surface area contributed by atoms with Crippen molar-refractivity contribution in [3.63, 3.8) is 0 Å². The van der Waals surface area contributed by atoms with Crippen LogP contribution in [-0.4, -0.2) is 47.4 Å². The molecule has 7 heteroatoms. The first-order chi connectivity index (χ1) is 9.51. The van der Waals surface area contributed by atoms with Gasteiger partial charge in [0.2, 0.25) is 0 Å². The van der Waals surface area contributed by atoms with Crippen molar-refractivity contribution in [3.05, 3.63) is 33.9 Å². The van der Waals surface area contributed by atoms with Gasteiger partial charge in [-0.25, -0.2) is 0 Å². The molecular formula is C13H21N5O2. The summed E-state index contributed by atoms with van der Waals surface area (Å²) in [5.41, 5.74) is 3.66. The van der Waals surface area contributed by atoms with Crippen LogP contribution < -0.4 is 11.3 Å². The number of rotatable bonds is 4. The predicted octanol–water partition coefficient (Wildman–Crippen LogP) is 1.02. The van der Waals surface area contributed by atoms with Crippen molar-refractivity contribution in [2.45, 2.75) is 19.5 Å². The van der Waals surface area contributed by atoms with E-state index in [1.807, 2.05) is 6.07 Å². The van der Waals surface area contributed by atoms with Gasteiger partial charge in [-0.1, -0.05) is 6.07 Å². The lowest BCUT2D eigenvalue weighted by molar-refractivity contribution is -0.384. The van der Waals surface area contributed by atoms with E-state index in [0.717, 1.165) is 31.7 Å². The molecular weight excluding hydrogens is 258 g/mol. The zero-order valence-corrected chi connectivity index (χ0v) is 11.9. The number of nitrogen functional groups attached to an aromatic ring is 1. The highest BCUT2D eigenvalue weighted by molar-refractivity contribution is 5.61. The van der Waals surface area contributed by atoms with Crippen LogP contribution in [-0.2, 0) is 6.54 Å². The number of nitrogens with one attached hydrogen (secondary N) is 1. The lowest BCUT2D eigenvalue weighted by Crippen LogP contribution is -2.49. The summed E-state index contributed by atoms with van der Waals surface area (Å²) in [4.78, 5) is 15.3. The quantitative estimate of drug-likeness (QED) is 0.486. The number of nitrogens with zero attached hydrogens (tertiary/aromatic N) is 3. The van der Waals surface area contributed by atoms with Crippen LogP contribution in [0.25, 0.3) is 0 Å². The SMILES string of the molecule is CC1CN(C)CCN1Cc1ccc(NN)c([N+](=O)[O-])c1. The zero-order valence-electron chi connectivity index (χ0n) is 11.9. The molecule has 1 aromatic rings. The van der Waals surface area contributed by atoms with Crippen molar-refractivity contribution < 1.29 is 4.92 Å². The van der Waals surface area contributed by atoms with E-state index in [1.54, 1.807) is 12.1 Å². The maximum atomic E-state index is 11.0. The van der Waals surface area contributed by atoms with Gasteiger partial charge in [-0.2, -0.15) is 0 Å². The molecule has 0 spiro atoms. The van der Waals surface area contributed by atoms with Crippen molar-refractivity contribution in [2.75, 3.05) is 32.1 Å². The summed E-state index contributed by atoms with van der Waals surface area (Å²) >= 11 is 0. The van der Waals surface area contributed by atoms with Crippen LogP contribution in [0.1, 0.15) is 12.5 Å². The smallest absolute Gasteiger partial charge is 0.293 e. The van der Waals surface area contributed by atoms with Gasteiger partial charge in [0.25, 0.3) is 5.69 Å². The lowest BCUT2D eigenvalue weighted by Gasteiger charge is -2.38. The normalized spacial score (nSPS) is 20.9. The van der Waals surface area contributed by atoms with Gasteiger partial charge in [-0.05, 0) is 25.6 Å². The molecule has 7 nitrogen and oxygen atoms in total. The predicted molar refractivity (Wildman–Crippen MR) is 78.3 cm³/mol. The standard InChI is InChI=1S/C13H21N5O2/c1-10-8-16(2)5-6-17(10)9-11-3-4-12(15-14)13(7-11)18(19)20/h3-4,7,10,15H,5-6,8-9,14H2,1-2H3. The maximum Gasteiger partial charge on any atom is 0.293 e. The van der Waals surface area contributed by atoms with E-state index in [-0.39, 0.29) is 5.69 Å². The second kappa shape index (κ2) is 6.17. The van der Waals surface area contributed by atoms with Gasteiger partial charge in [-0.3, -0.25) is 20.9 Å². The number of hydrogen-bond acceptors (Lipinski definition) is 6. The monoisotopic (exact) mass is 279 g/mol. The minimum atomic E-state index is -0.411. The number of hydrazine groups is 1. The van der Waals surface area contributed by atoms with Crippen LogP contribution in [0.3, 0.4) is 0 Å². The Morgan fingerprint density at radius 2 is 2.25 bits per heavy atom. The average Bonchev–Trinajstić information content (AvgIpc) is 2.41. The fourth-order valence-electron chi connectivity index (χ4n) is 2.60. The van der Waals surface area contributed by atoms with E-state index in [1.165, 1.54) is 0 Å². The van der Waals surface area contributed by atoms with Gasteiger partial charge in [0, 0.05) is 38.3 Å². The summed E-state index contributed by atoms with van der Waals surface area (Å²) in [7, 11) is 2.11. The van der Waals surface area contributed by atoms with Crippen LogP contribution in [0.15, 0.2) is 18.2 Å². The first-order valence-corrected chi connectivity index (χ1v) is 6.67. The molecule has 0 saturated carbocycles. The second-order valence-electron chi connectivity index (χ2n) is 5.33. The molecule has 20 heavy (non-hydrogen) atoms. The molecule has 1 saturated heterocycles. The topological polar surface area (TPSA) is 87.7 Å². The number of nitrogens with two attached hydrogens (primary N) is 1. The third-order valence-electron chi connectivity index (χ3n) is 3.77. The highest BCUT2D eigenvalue weighted by atomic mass is 16.6. The van der Waals surface area contributed by atoms with E-state index in [0.29, 0.717) is 11.7 Å². The fourth-order valence-corrected chi connectivity index (χ4v) is 2.60. The van der Waals surface area contributed by atoms with E-state index in [4.69, 9.17) is 5.84 Å². The first-order valence-electron chi connectivity index (χ1n) is 6.67. The highest BCUT2D eigenvalue weighted by Crippen LogP contribution is 2.25. The van der Waals surface area contributed by atoms with Gasteiger partial charge in [0.1, 0.15) is 5.69 Å². The van der Waals surface area contributed by atoms with E-state index < -0.39 is 4.92 Å². The minimum Gasteiger partial charge on any atom is -0.318 e. The van der Waals surface area contributed by atoms with Gasteiger partial charge >= 0.3 is 0 Å². The van der Waals surface area contributed by atoms with Crippen molar-refractivity contribution in [1.82, 2.24) is 9.80 Å². The van der Waals surface area contributed by atoms with Crippen LogP contribution in [0.2, 0.25) is 0 Å². The Morgan fingerprint density at radius 3 is 2.85 bits per heavy atom. The number of likely N-dealkylation sites (N-methyl/N-ethyl adjacent to an activating group) is 1. The fraction of sp³-hybridized carbons (Fsp3) is 0.538. The Morgan fingerprint density at radius 1 is 1.50 bits per heavy atom. The Bertz CT molecular complexity index is 494. The van der Waals surface area contributed by atoms with Crippen molar-refractivity contribution >= 4 is 11.4 Å². The van der Waals surface area contributed by atoms with Crippen LogP contribution in [0.5, 0.6) is 0 Å². The molecule has 110 valence electrons. The third-order valence-corrected chi connectivity index (χ3v) is 3.77. The molecule has 0 amide bonds. The number of benzene rings is 1. The third kappa shape index (κ3) is 3.24. The largest absolute Gasteiger partial charge is 0.318 e. The highest BCUT2D eigenvalue weighted by Gasteiger charge is 2.22. The van der Waals surface area contributed by atoms with Crippen molar-refractivity contribution in [1.29, 1.82) is 0 Å². The summed E-state index contributed by atoms with van der Waals surface area (Å²) < 4.78 is 0. The average molecular weight is 279 g/mol. The number of piperazine rings is 1. The van der Waals surface area contributed by atoms with E-state index in [2.05, 4.69) is 29.2 Å². The zero-order chi connectivity index (χ0) is 14.7. The minimum absolute atomic E-state index is 0.0202. The summed E-state index contributed by atoms with van der Waals surface area (Å²) in [5, 5.41) is 11.0. The first kappa shape index (κ1) is 14.7. The molecule has 1 heterocycles. The molecule has 0 aromatic heterocycles. The molecule has 0 aliphatic carbocycles. The molecule has 0 bridgehead atoms. The Balaban J connectivity index is 2.13. The molecule has 1 unspecified atom stereocenters. The van der Waals surface area contributed by atoms with Gasteiger partial charge in [0.05, 0.1) is 4.92 Å². The number of nitro benzene ring substituents is 1. The van der Waals surface area contributed by atoms with E-state index >= 15 is 0 Å². The molecule has 1 aliphatic heterocycles. The van der Waals surface area contributed by atoms with Crippen molar-refractivity contribution in [3.8, 4) is 0 Å². The van der Waals surface area contributed by atoms with Crippen LogP contribution >= 0.6 is 0 Å². The molecule has 1 aliphatic rings. The van der Waals surface area contributed by atoms with E-state index in [9.17, 15) is 10.1 Å². The Kier molecular flexibility index (Phi) is 4.53. The van der Waals surface area contributed by atoms with Crippen molar-refractivity contribution in [2.24, 2.45) is 5.84 Å². The molecule has 1 aromatic carbocycles. The van der Waals surface area contributed by atoms with Gasteiger partial charge in [-0.15, -0.1) is 0 Å². The maximum absolute atomic E-state index is 11.0. The summed E-state index contributed by atoms with van der Waals surface area (Å²) in [6, 6.07) is 5.59. The molecule has 0 radical (unpaired) electrons.